The maximum Gasteiger partial charge on any atom is 0.433 e. The molecule has 1 aliphatic heterocycles. The van der Waals surface area contributed by atoms with Crippen LogP contribution in [-0.4, -0.2) is 28.7 Å². The van der Waals surface area contributed by atoms with Crippen LogP contribution in [0.1, 0.15) is 31.9 Å². The maximum atomic E-state index is 12.5. The highest BCUT2D eigenvalue weighted by Crippen LogP contribution is 2.28. The van der Waals surface area contributed by atoms with Crippen molar-refractivity contribution < 1.29 is 17.9 Å². The number of aromatic nitrogens is 2. The molecule has 2 unspecified atom stereocenters. The summed E-state index contributed by atoms with van der Waals surface area (Å²) in [7, 11) is 0. The van der Waals surface area contributed by atoms with E-state index in [1.165, 1.54) is 0 Å². The zero-order valence-electron chi connectivity index (χ0n) is 10.6. The first-order chi connectivity index (χ1) is 9.00. The molecule has 0 bridgehead atoms. The van der Waals surface area contributed by atoms with Gasteiger partial charge in [-0.3, -0.25) is 0 Å². The number of halogens is 3. The lowest BCUT2D eigenvalue weighted by Crippen LogP contribution is -2.33. The predicted molar refractivity (Wildman–Crippen MR) is 63.7 cm³/mol. The van der Waals surface area contributed by atoms with E-state index in [-0.39, 0.29) is 18.1 Å². The summed E-state index contributed by atoms with van der Waals surface area (Å²) >= 11 is 0. The zero-order valence-corrected chi connectivity index (χ0v) is 10.6. The average Bonchev–Trinajstić information content (AvgIpc) is 2.89. The number of alkyl halides is 3. The maximum absolute atomic E-state index is 12.5. The van der Waals surface area contributed by atoms with Crippen LogP contribution in [0, 0.1) is 0 Å². The average molecular weight is 275 g/mol. The van der Waals surface area contributed by atoms with Crippen molar-refractivity contribution in [3.05, 3.63) is 18.0 Å². The van der Waals surface area contributed by atoms with Gasteiger partial charge in [0.2, 0.25) is 5.95 Å². The monoisotopic (exact) mass is 275 g/mol. The highest BCUT2D eigenvalue weighted by molar-refractivity contribution is 5.28. The van der Waals surface area contributed by atoms with E-state index >= 15 is 0 Å². The van der Waals surface area contributed by atoms with Crippen molar-refractivity contribution >= 4 is 5.95 Å². The molecule has 1 fully saturated rings. The van der Waals surface area contributed by atoms with Crippen LogP contribution in [0.15, 0.2) is 12.3 Å². The van der Waals surface area contributed by atoms with E-state index in [1.807, 2.05) is 6.92 Å². The molecule has 0 saturated carbocycles. The summed E-state index contributed by atoms with van der Waals surface area (Å²) in [4.78, 5) is 7.33. The van der Waals surface area contributed by atoms with Crippen molar-refractivity contribution in [1.82, 2.24) is 9.97 Å². The third-order valence-electron chi connectivity index (χ3n) is 3.11. The van der Waals surface area contributed by atoms with E-state index in [9.17, 15) is 13.2 Å². The highest BCUT2D eigenvalue weighted by atomic mass is 19.4. The molecule has 2 rings (SSSR count). The van der Waals surface area contributed by atoms with Crippen LogP contribution in [0.25, 0.3) is 0 Å². The fourth-order valence-corrected chi connectivity index (χ4v) is 2.13. The number of ether oxygens (including phenoxy) is 1. The van der Waals surface area contributed by atoms with Gasteiger partial charge in [-0.25, -0.2) is 9.97 Å². The summed E-state index contributed by atoms with van der Waals surface area (Å²) in [6, 6.07) is 0.795. The van der Waals surface area contributed by atoms with Gasteiger partial charge in [-0.2, -0.15) is 13.2 Å². The van der Waals surface area contributed by atoms with Crippen LogP contribution in [0.5, 0.6) is 0 Å². The highest BCUT2D eigenvalue weighted by Gasteiger charge is 2.33. The van der Waals surface area contributed by atoms with Gasteiger partial charge in [0.15, 0.2) is 0 Å². The Morgan fingerprint density at radius 2 is 2.32 bits per heavy atom. The van der Waals surface area contributed by atoms with Gasteiger partial charge in [0.05, 0.1) is 12.1 Å². The van der Waals surface area contributed by atoms with Gasteiger partial charge in [-0.1, -0.05) is 6.92 Å². The smallest absolute Gasteiger partial charge is 0.376 e. The summed E-state index contributed by atoms with van der Waals surface area (Å²) in [5, 5.41) is 2.94. The van der Waals surface area contributed by atoms with Crippen LogP contribution < -0.4 is 5.32 Å². The molecule has 0 aliphatic carbocycles. The number of rotatable bonds is 4. The van der Waals surface area contributed by atoms with E-state index in [4.69, 9.17) is 4.74 Å². The molecule has 1 saturated heterocycles. The van der Waals surface area contributed by atoms with Crippen molar-refractivity contribution in [3.63, 3.8) is 0 Å². The molecule has 1 aromatic rings. The van der Waals surface area contributed by atoms with Gasteiger partial charge < -0.3 is 10.1 Å². The lowest BCUT2D eigenvalue weighted by atomic mass is 10.1. The van der Waals surface area contributed by atoms with Gasteiger partial charge in [0.1, 0.15) is 5.69 Å². The Balaban J connectivity index is 2.09. The number of anilines is 1. The molecule has 4 nitrogen and oxygen atoms in total. The number of nitrogens with one attached hydrogen (secondary N) is 1. The first-order valence-corrected chi connectivity index (χ1v) is 6.29. The minimum atomic E-state index is -4.45. The molecule has 1 N–H and O–H groups in total. The molecule has 0 aromatic carbocycles. The number of nitrogens with zero attached hydrogens (tertiary/aromatic N) is 2. The Kier molecular flexibility index (Phi) is 4.24. The van der Waals surface area contributed by atoms with Crippen molar-refractivity contribution in [2.75, 3.05) is 11.9 Å². The van der Waals surface area contributed by atoms with Crippen LogP contribution >= 0.6 is 0 Å². The molecular weight excluding hydrogens is 259 g/mol. The van der Waals surface area contributed by atoms with Crippen molar-refractivity contribution in [2.24, 2.45) is 0 Å². The molecule has 2 heterocycles. The van der Waals surface area contributed by atoms with Crippen LogP contribution in [0.2, 0.25) is 0 Å². The molecule has 0 radical (unpaired) electrons. The lowest BCUT2D eigenvalue weighted by molar-refractivity contribution is -0.141. The SMILES string of the molecule is CCC(Nc1nccc(C(F)(F)F)n1)C1CCCO1. The van der Waals surface area contributed by atoms with Crippen LogP contribution in [0.4, 0.5) is 19.1 Å². The molecule has 2 atom stereocenters. The Morgan fingerprint density at radius 1 is 1.53 bits per heavy atom. The van der Waals surface area contributed by atoms with Gasteiger partial charge in [-0.15, -0.1) is 0 Å². The van der Waals surface area contributed by atoms with E-state index in [1.54, 1.807) is 0 Å². The fraction of sp³-hybridized carbons (Fsp3) is 0.667. The largest absolute Gasteiger partial charge is 0.433 e. The van der Waals surface area contributed by atoms with Gasteiger partial charge in [0.25, 0.3) is 0 Å². The summed E-state index contributed by atoms with van der Waals surface area (Å²) in [6.45, 7) is 2.65. The minimum Gasteiger partial charge on any atom is -0.376 e. The fourth-order valence-electron chi connectivity index (χ4n) is 2.13. The quantitative estimate of drug-likeness (QED) is 0.917. The Labute approximate surface area is 109 Å². The van der Waals surface area contributed by atoms with Gasteiger partial charge in [-0.05, 0) is 25.3 Å². The Bertz CT molecular complexity index is 419. The summed E-state index contributed by atoms with van der Waals surface area (Å²) in [6.07, 6.45) is -0.699. The first kappa shape index (κ1) is 14.0. The van der Waals surface area contributed by atoms with Crippen LogP contribution in [0.3, 0.4) is 0 Å². The minimum absolute atomic E-state index is 0.00262. The van der Waals surface area contributed by atoms with Crippen molar-refractivity contribution in [3.8, 4) is 0 Å². The van der Waals surface area contributed by atoms with E-state index in [0.717, 1.165) is 31.5 Å². The molecule has 0 spiro atoms. The standard InChI is InChI=1S/C12H16F3N3O/c1-2-8(9-4-3-7-19-9)17-11-16-6-5-10(18-11)12(13,14)15/h5-6,8-9H,2-4,7H2,1H3,(H,16,17,18). The second kappa shape index (κ2) is 5.73. The molecule has 7 heteroatoms. The lowest BCUT2D eigenvalue weighted by Gasteiger charge is -2.23. The summed E-state index contributed by atoms with van der Waals surface area (Å²) in [5.41, 5.74) is -0.938. The van der Waals surface area contributed by atoms with Crippen molar-refractivity contribution in [1.29, 1.82) is 0 Å². The second-order valence-corrected chi connectivity index (χ2v) is 4.47. The summed E-state index contributed by atoms with van der Waals surface area (Å²) < 4.78 is 43.2. The summed E-state index contributed by atoms with van der Waals surface area (Å²) in [5.74, 6) is -0.00262. The molecule has 106 valence electrons. The molecule has 0 amide bonds. The molecule has 1 aromatic heterocycles. The van der Waals surface area contributed by atoms with Gasteiger partial charge in [0, 0.05) is 12.8 Å². The molecule has 19 heavy (non-hydrogen) atoms. The third-order valence-corrected chi connectivity index (χ3v) is 3.11. The Morgan fingerprint density at radius 3 is 2.89 bits per heavy atom. The second-order valence-electron chi connectivity index (χ2n) is 4.47. The van der Waals surface area contributed by atoms with E-state index in [0.29, 0.717) is 6.61 Å². The number of hydrogen-bond acceptors (Lipinski definition) is 4. The third kappa shape index (κ3) is 3.56. The van der Waals surface area contributed by atoms with E-state index in [2.05, 4.69) is 15.3 Å². The first-order valence-electron chi connectivity index (χ1n) is 6.29. The normalized spacial score (nSPS) is 21.4. The van der Waals surface area contributed by atoms with E-state index < -0.39 is 11.9 Å². The van der Waals surface area contributed by atoms with Gasteiger partial charge >= 0.3 is 6.18 Å². The molecular formula is C12H16F3N3O. The topological polar surface area (TPSA) is 47.0 Å². The van der Waals surface area contributed by atoms with Crippen LogP contribution in [-0.2, 0) is 10.9 Å². The van der Waals surface area contributed by atoms with Crippen molar-refractivity contribution in [2.45, 2.75) is 44.5 Å². The molecule has 1 aliphatic rings. The number of hydrogen-bond donors (Lipinski definition) is 1. The predicted octanol–water partition coefficient (Wildman–Crippen LogP) is 2.86. The Hall–Kier alpha value is -1.37. The zero-order chi connectivity index (χ0) is 13.9.